The fourth-order valence-corrected chi connectivity index (χ4v) is 2.55. The third kappa shape index (κ3) is 3.29. The molecule has 5 heteroatoms. The summed E-state index contributed by atoms with van der Waals surface area (Å²) in [6, 6.07) is 7.55. The highest BCUT2D eigenvalue weighted by molar-refractivity contribution is 9.10. The van der Waals surface area contributed by atoms with E-state index in [1.165, 1.54) is 0 Å². The zero-order valence-corrected chi connectivity index (χ0v) is 13.1. The topological polar surface area (TPSA) is 57.4 Å². The molecule has 1 unspecified atom stereocenters. The zero-order chi connectivity index (χ0) is 14.5. The van der Waals surface area contributed by atoms with Gasteiger partial charge in [0.15, 0.2) is 11.5 Å². The molecule has 2 rings (SSSR count). The molecule has 0 saturated heterocycles. The predicted octanol–water partition coefficient (Wildman–Crippen LogP) is 3.10. The van der Waals surface area contributed by atoms with Crippen LogP contribution in [0.25, 0.3) is 0 Å². The summed E-state index contributed by atoms with van der Waals surface area (Å²) in [5.74, 6) is 1.37. The average Bonchev–Trinajstić information content (AvgIpc) is 2.46. The van der Waals surface area contributed by atoms with Crippen molar-refractivity contribution in [3.8, 4) is 11.5 Å². The lowest BCUT2D eigenvalue weighted by molar-refractivity contribution is 0.349. The molecule has 2 N–H and O–H groups in total. The lowest BCUT2D eigenvalue weighted by atomic mass is 9.99. The summed E-state index contributed by atoms with van der Waals surface area (Å²) in [7, 11) is 3.24. The van der Waals surface area contributed by atoms with Crippen LogP contribution in [0.2, 0.25) is 0 Å². The minimum atomic E-state index is -0.184. The minimum absolute atomic E-state index is 0.184. The first-order valence-corrected chi connectivity index (χ1v) is 7.01. The van der Waals surface area contributed by atoms with Gasteiger partial charge in [-0.3, -0.25) is 4.98 Å². The summed E-state index contributed by atoms with van der Waals surface area (Å²) in [5.41, 5.74) is 8.29. The highest BCUT2D eigenvalue weighted by atomic mass is 79.9. The Morgan fingerprint density at radius 2 is 2.05 bits per heavy atom. The largest absolute Gasteiger partial charge is 0.493 e. The van der Waals surface area contributed by atoms with Gasteiger partial charge in [-0.15, -0.1) is 0 Å². The molecule has 2 aromatic rings. The second-order valence-corrected chi connectivity index (χ2v) is 5.32. The predicted molar refractivity (Wildman–Crippen MR) is 82.1 cm³/mol. The summed E-state index contributed by atoms with van der Waals surface area (Å²) < 4.78 is 11.7. The zero-order valence-electron chi connectivity index (χ0n) is 11.5. The van der Waals surface area contributed by atoms with Gasteiger partial charge in [0.05, 0.1) is 14.2 Å². The van der Waals surface area contributed by atoms with E-state index >= 15 is 0 Å². The van der Waals surface area contributed by atoms with Gasteiger partial charge in [-0.2, -0.15) is 0 Å². The van der Waals surface area contributed by atoms with Crippen molar-refractivity contribution in [2.24, 2.45) is 5.73 Å². The highest BCUT2D eigenvalue weighted by Crippen LogP contribution is 2.34. The van der Waals surface area contributed by atoms with Gasteiger partial charge in [0.2, 0.25) is 0 Å². The first kappa shape index (κ1) is 14.8. The SMILES string of the molecule is COc1cccc(C(N)Cc2cncc(Br)c2)c1OC. The van der Waals surface area contributed by atoms with Gasteiger partial charge in [0.1, 0.15) is 0 Å². The van der Waals surface area contributed by atoms with E-state index < -0.39 is 0 Å². The van der Waals surface area contributed by atoms with Gasteiger partial charge in [0, 0.05) is 28.5 Å². The van der Waals surface area contributed by atoms with Crippen LogP contribution in [-0.4, -0.2) is 19.2 Å². The Labute approximate surface area is 127 Å². The van der Waals surface area contributed by atoms with E-state index in [1.54, 1.807) is 20.4 Å². The summed E-state index contributed by atoms with van der Waals surface area (Å²) >= 11 is 3.41. The standard InChI is InChI=1S/C15H17BrN2O2/c1-19-14-5-3-4-12(15(14)20-2)13(17)7-10-6-11(16)9-18-8-10/h3-6,8-9,13H,7,17H2,1-2H3. The van der Waals surface area contributed by atoms with Crippen LogP contribution < -0.4 is 15.2 Å². The normalized spacial score (nSPS) is 12.0. The monoisotopic (exact) mass is 336 g/mol. The molecule has 1 atom stereocenters. The Balaban J connectivity index is 2.27. The van der Waals surface area contributed by atoms with E-state index in [4.69, 9.17) is 15.2 Å². The molecule has 106 valence electrons. The van der Waals surface area contributed by atoms with Crippen molar-refractivity contribution in [1.29, 1.82) is 0 Å². The minimum Gasteiger partial charge on any atom is -0.493 e. The van der Waals surface area contributed by atoms with E-state index in [0.717, 1.165) is 15.6 Å². The number of pyridine rings is 1. The lowest BCUT2D eigenvalue weighted by Crippen LogP contribution is -2.15. The Kier molecular flexibility index (Phi) is 4.98. The van der Waals surface area contributed by atoms with Crippen LogP contribution >= 0.6 is 15.9 Å². The summed E-state index contributed by atoms with van der Waals surface area (Å²) in [6.07, 6.45) is 4.24. The molecule has 0 radical (unpaired) electrons. The van der Waals surface area contributed by atoms with Crippen molar-refractivity contribution >= 4 is 15.9 Å². The molecule has 1 heterocycles. The molecule has 20 heavy (non-hydrogen) atoms. The van der Waals surface area contributed by atoms with E-state index in [2.05, 4.69) is 20.9 Å². The number of benzene rings is 1. The van der Waals surface area contributed by atoms with Crippen LogP contribution in [0.5, 0.6) is 11.5 Å². The summed E-state index contributed by atoms with van der Waals surface area (Å²) in [5, 5.41) is 0. The van der Waals surface area contributed by atoms with Gasteiger partial charge in [-0.05, 0) is 40.0 Å². The van der Waals surface area contributed by atoms with E-state index in [9.17, 15) is 0 Å². The average molecular weight is 337 g/mol. The number of nitrogens with zero attached hydrogens (tertiary/aromatic N) is 1. The Bertz CT molecular complexity index is 590. The van der Waals surface area contributed by atoms with Crippen molar-refractivity contribution in [3.63, 3.8) is 0 Å². The van der Waals surface area contributed by atoms with Gasteiger partial charge in [0.25, 0.3) is 0 Å². The van der Waals surface area contributed by atoms with Crippen LogP contribution in [0.3, 0.4) is 0 Å². The molecule has 0 bridgehead atoms. The summed E-state index contributed by atoms with van der Waals surface area (Å²) in [6.45, 7) is 0. The van der Waals surface area contributed by atoms with Crippen LogP contribution in [0.4, 0.5) is 0 Å². The molecular formula is C15H17BrN2O2. The molecular weight excluding hydrogens is 320 g/mol. The molecule has 0 fully saturated rings. The molecule has 0 spiro atoms. The fraction of sp³-hybridized carbons (Fsp3) is 0.267. The van der Waals surface area contributed by atoms with Crippen molar-refractivity contribution < 1.29 is 9.47 Å². The number of ether oxygens (including phenoxy) is 2. The van der Waals surface area contributed by atoms with Gasteiger partial charge in [-0.25, -0.2) is 0 Å². The van der Waals surface area contributed by atoms with Gasteiger partial charge >= 0.3 is 0 Å². The third-order valence-corrected chi connectivity index (χ3v) is 3.48. The third-order valence-electron chi connectivity index (χ3n) is 3.05. The first-order chi connectivity index (χ1) is 9.65. The number of aromatic nitrogens is 1. The lowest BCUT2D eigenvalue weighted by Gasteiger charge is -2.17. The number of halogens is 1. The maximum atomic E-state index is 6.30. The maximum absolute atomic E-state index is 6.30. The number of hydrogen-bond acceptors (Lipinski definition) is 4. The second-order valence-electron chi connectivity index (χ2n) is 4.40. The maximum Gasteiger partial charge on any atom is 0.165 e. The Hall–Kier alpha value is -1.59. The molecule has 0 aliphatic carbocycles. The van der Waals surface area contributed by atoms with Crippen molar-refractivity contribution in [2.45, 2.75) is 12.5 Å². The number of rotatable bonds is 5. The number of nitrogens with two attached hydrogens (primary N) is 1. The molecule has 0 aliphatic heterocycles. The van der Waals surface area contributed by atoms with Crippen molar-refractivity contribution in [3.05, 3.63) is 52.3 Å². The molecule has 1 aromatic heterocycles. The Morgan fingerprint density at radius 3 is 2.70 bits per heavy atom. The fourth-order valence-electron chi connectivity index (χ4n) is 2.14. The second kappa shape index (κ2) is 6.72. The van der Waals surface area contributed by atoms with E-state index in [1.807, 2.05) is 30.5 Å². The van der Waals surface area contributed by atoms with Crippen LogP contribution in [0.1, 0.15) is 17.2 Å². The Morgan fingerprint density at radius 1 is 1.25 bits per heavy atom. The van der Waals surface area contributed by atoms with Crippen molar-refractivity contribution in [2.75, 3.05) is 14.2 Å². The van der Waals surface area contributed by atoms with Crippen LogP contribution in [0.15, 0.2) is 41.1 Å². The molecule has 0 aliphatic rings. The number of hydrogen-bond donors (Lipinski definition) is 1. The van der Waals surface area contributed by atoms with Crippen molar-refractivity contribution in [1.82, 2.24) is 4.98 Å². The molecule has 1 aromatic carbocycles. The molecule has 0 amide bonds. The molecule has 0 saturated carbocycles. The smallest absolute Gasteiger partial charge is 0.165 e. The summed E-state index contributed by atoms with van der Waals surface area (Å²) in [4.78, 5) is 4.15. The first-order valence-electron chi connectivity index (χ1n) is 6.21. The van der Waals surface area contributed by atoms with Gasteiger partial charge in [-0.1, -0.05) is 12.1 Å². The molecule has 4 nitrogen and oxygen atoms in total. The quantitative estimate of drug-likeness (QED) is 0.911. The van der Waals surface area contributed by atoms with E-state index in [-0.39, 0.29) is 6.04 Å². The van der Waals surface area contributed by atoms with Gasteiger partial charge < -0.3 is 15.2 Å². The van der Waals surface area contributed by atoms with E-state index in [0.29, 0.717) is 17.9 Å². The van der Waals surface area contributed by atoms with Crippen LogP contribution in [0, 0.1) is 0 Å². The number of methoxy groups -OCH3 is 2. The highest BCUT2D eigenvalue weighted by Gasteiger charge is 2.16. The number of para-hydroxylation sites is 1. The van der Waals surface area contributed by atoms with Crippen LogP contribution in [-0.2, 0) is 6.42 Å².